The molecule has 128 valence electrons. The van der Waals surface area contributed by atoms with Gasteiger partial charge in [-0.2, -0.15) is 11.8 Å². The van der Waals surface area contributed by atoms with E-state index in [1.165, 1.54) is 5.56 Å². The smallest absolute Gasteiger partial charge is 0.319 e. The highest BCUT2D eigenvalue weighted by Gasteiger charge is 2.14. The van der Waals surface area contributed by atoms with Crippen molar-refractivity contribution >= 4 is 23.5 Å². The predicted molar refractivity (Wildman–Crippen MR) is 101 cm³/mol. The van der Waals surface area contributed by atoms with Gasteiger partial charge in [0.15, 0.2) is 0 Å². The fourth-order valence-electron chi connectivity index (χ4n) is 2.48. The maximum absolute atomic E-state index is 12.3. The number of anilines is 1. The predicted octanol–water partition coefficient (Wildman–Crippen LogP) is 4.18. The summed E-state index contributed by atoms with van der Waals surface area (Å²) < 4.78 is 0. The lowest BCUT2D eigenvalue weighted by atomic mass is 10.0. The molecule has 2 aromatic rings. The molecule has 4 nitrogen and oxygen atoms in total. The third-order valence-corrected chi connectivity index (χ3v) is 4.30. The third-order valence-electron chi connectivity index (χ3n) is 3.68. The number of hydrogen-bond donors (Lipinski definition) is 3. The maximum atomic E-state index is 12.3. The Morgan fingerprint density at radius 2 is 1.83 bits per heavy atom. The molecular formula is C19H24N2O2S. The molecule has 0 saturated carbocycles. The Balaban J connectivity index is 1.96. The third kappa shape index (κ3) is 5.91. The van der Waals surface area contributed by atoms with E-state index in [0.29, 0.717) is 12.8 Å². The van der Waals surface area contributed by atoms with Gasteiger partial charge in [0, 0.05) is 18.0 Å². The van der Waals surface area contributed by atoms with E-state index in [1.54, 1.807) is 11.8 Å². The summed E-state index contributed by atoms with van der Waals surface area (Å²) >= 11 is 1.77. The van der Waals surface area contributed by atoms with Crippen molar-refractivity contribution in [3.8, 4) is 0 Å². The van der Waals surface area contributed by atoms with Crippen molar-refractivity contribution in [2.24, 2.45) is 0 Å². The number of rotatable bonds is 8. The fraction of sp³-hybridized carbons (Fsp3) is 0.316. The number of carbonyl (C=O) groups is 1. The van der Waals surface area contributed by atoms with Gasteiger partial charge in [0.2, 0.25) is 0 Å². The van der Waals surface area contributed by atoms with Crippen LogP contribution in [0, 0.1) is 0 Å². The van der Waals surface area contributed by atoms with Crippen molar-refractivity contribution in [3.05, 3.63) is 65.7 Å². The molecule has 0 spiro atoms. The highest BCUT2D eigenvalue weighted by molar-refractivity contribution is 7.97. The summed E-state index contributed by atoms with van der Waals surface area (Å²) in [5.41, 5.74) is 3.04. The molecule has 5 heteroatoms. The van der Waals surface area contributed by atoms with Gasteiger partial charge in [-0.3, -0.25) is 0 Å². The molecule has 2 aromatic carbocycles. The average Bonchev–Trinajstić information content (AvgIpc) is 2.61. The monoisotopic (exact) mass is 344 g/mol. The lowest BCUT2D eigenvalue weighted by Crippen LogP contribution is -2.32. The van der Waals surface area contributed by atoms with E-state index >= 15 is 0 Å². The Morgan fingerprint density at radius 1 is 1.12 bits per heavy atom. The summed E-state index contributed by atoms with van der Waals surface area (Å²) in [5, 5.41) is 14.9. The minimum atomic E-state index is -0.237. The van der Waals surface area contributed by atoms with E-state index < -0.39 is 0 Å². The van der Waals surface area contributed by atoms with Crippen molar-refractivity contribution in [2.45, 2.75) is 24.6 Å². The van der Waals surface area contributed by atoms with Gasteiger partial charge >= 0.3 is 6.03 Å². The first-order valence-electron chi connectivity index (χ1n) is 8.04. The molecule has 1 atom stereocenters. The van der Waals surface area contributed by atoms with Crippen LogP contribution in [0.1, 0.15) is 30.0 Å². The maximum Gasteiger partial charge on any atom is 0.319 e. The molecule has 0 bridgehead atoms. The van der Waals surface area contributed by atoms with Crippen molar-refractivity contribution in [2.75, 3.05) is 18.2 Å². The minimum absolute atomic E-state index is 0.115. The van der Waals surface area contributed by atoms with Gasteiger partial charge in [0.05, 0.1) is 6.04 Å². The second-order valence-corrected chi connectivity index (χ2v) is 6.42. The number of thioether (sulfide) groups is 1. The van der Waals surface area contributed by atoms with E-state index in [2.05, 4.69) is 16.9 Å². The molecule has 0 fully saturated rings. The van der Waals surface area contributed by atoms with Crippen molar-refractivity contribution in [1.82, 2.24) is 5.32 Å². The van der Waals surface area contributed by atoms with Crippen LogP contribution in [0.25, 0.3) is 0 Å². The van der Waals surface area contributed by atoms with Gasteiger partial charge in [-0.25, -0.2) is 4.79 Å². The Labute approximate surface area is 147 Å². The largest absolute Gasteiger partial charge is 0.396 e. The lowest BCUT2D eigenvalue weighted by Gasteiger charge is -2.19. The first-order chi connectivity index (χ1) is 11.7. The van der Waals surface area contributed by atoms with Crippen LogP contribution in [0.3, 0.4) is 0 Å². The van der Waals surface area contributed by atoms with E-state index in [4.69, 9.17) is 5.11 Å². The van der Waals surface area contributed by atoms with Gasteiger partial charge in [-0.15, -0.1) is 0 Å². The first kappa shape index (κ1) is 18.4. The summed E-state index contributed by atoms with van der Waals surface area (Å²) in [5.74, 6) is 0.962. The Kier molecular flexibility index (Phi) is 7.65. The molecule has 3 N–H and O–H groups in total. The summed E-state index contributed by atoms with van der Waals surface area (Å²) in [6.45, 7) is 0.115. The van der Waals surface area contributed by atoms with Gasteiger partial charge in [-0.05, 0) is 42.4 Å². The second-order valence-electron chi connectivity index (χ2n) is 5.56. The summed E-state index contributed by atoms with van der Waals surface area (Å²) in [7, 11) is 0. The summed E-state index contributed by atoms with van der Waals surface area (Å²) in [6, 6.07) is 17.3. The highest BCUT2D eigenvalue weighted by Crippen LogP contribution is 2.19. The van der Waals surface area contributed by atoms with Gasteiger partial charge < -0.3 is 15.7 Å². The zero-order chi connectivity index (χ0) is 17.2. The minimum Gasteiger partial charge on any atom is -0.396 e. The highest BCUT2D eigenvalue weighted by atomic mass is 32.2. The van der Waals surface area contributed by atoms with E-state index in [0.717, 1.165) is 17.0 Å². The average molecular weight is 344 g/mol. The second kappa shape index (κ2) is 10.0. The number of urea groups is 1. The molecule has 2 rings (SSSR count). The standard InChI is InChI=1S/C19H24N2O2S/c1-24-14-15-9-11-17(12-10-15)20-19(23)21-18(8-5-13-22)16-6-3-2-4-7-16/h2-4,6-7,9-12,18,22H,5,8,13-14H2,1H3,(H2,20,21,23). The van der Waals surface area contributed by atoms with E-state index in [9.17, 15) is 4.79 Å². The Hall–Kier alpha value is -1.98. The molecule has 0 radical (unpaired) electrons. The molecule has 0 aliphatic heterocycles. The lowest BCUT2D eigenvalue weighted by molar-refractivity contribution is 0.244. The molecule has 0 saturated heterocycles. The normalized spacial score (nSPS) is 11.8. The van der Waals surface area contributed by atoms with Crippen molar-refractivity contribution in [1.29, 1.82) is 0 Å². The topological polar surface area (TPSA) is 61.4 Å². The van der Waals surface area contributed by atoms with Crippen LogP contribution in [0.15, 0.2) is 54.6 Å². The first-order valence-corrected chi connectivity index (χ1v) is 9.43. The number of hydrogen-bond acceptors (Lipinski definition) is 3. The number of nitrogens with one attached hydrogen (secondary N) is 2. The molecule has 0 aliphatic rings. The van der Waals surface area contributed by atoms with Crippen LogP contribution < -0.4 is 10.6 Å². The van der Waals surface area contributed by atoms with Crippen LogP contribution in [-0.4, -0.2) is 24.0 Å². The van der Waals surface area contributed by atoms with E-state index in [1.807, 2.05) is 54.6 Å². The molecule has 1 unspecified atom stereocenters. The van der Waals surface area contributed by atoms with Crippen LogP contribution in [-0.2, 0) is 5.75 Å². The van der Waals surface area contributed by atoms with E-state index in [-0.39, 0.29) is 18.7 Å². The molecular weight excluding hydrogens is 320 g/mol. The SMILES string of the molecule is CSCc1ccc(NC(=O)NC(CCCO)c2ccccc2)cc1. The van der Waals surface area contributed by atoms with Gasteiger partial charge in [0.25, 0.3) is 0 Å². The quantitative estimate of drug-likeness (QED) is 0.673. The van der Waals surface area contributed by atoms with Gasteiger partial charge in [-0.1, -0.05) is 42.5 Å². The zero-order valence-electron chi connectivity index (χ0n) is 13.9. The zero-order valence-corrected chi connectivity index (χ0v) is 14.7. The van der Waals surface area contributed by atoms with Crippen molar-refractivity contribution < 1.29 is 9.90 Å². The molecule has 0 heterocycles. The number of aliphatic hydroxyl groups is 1. The molecule has 2 amide bonds. The Morgan fingerprint density at radius 3 is 2.46 bits per heavy atom. The van der Waals surface area contributed by atoms with Crippen LogP contribution >= 0.6 is 11.8 Å². The van der Waals surface area contributed by atoms with Crippen LogP contribution in [0.4, 0.5) is 10.5 Å². The van der Waals surface area contributed by atoms with Crippen molar-refractivity contribution in [3.63, 3.8) is 0 Å². The van der Waals surface area contributed by atoms with Crippen LogP contribution in [0.2, 0.25) is 0 Å². The molecule has 0 aromatic heterocycles. The van der Waals surface area contributed by atoms with Crippen LogP contribution in [0.5, 0.6) is 0 Å². The fourth-order valence-corrected chi connectivity index (χ4v) is 3.01. The van der Waals surface area contributed by atoms with Gasteiger partial charge in [0.1, 0.15) is 0 Å². The number of aliphatic hydroxyl groups excluding tert-OH is 1. The number of carbonyl (C=O) groups excluding carboxylic acids is 1. The Bertz CT molecular complexity index is 617. The molecule has 24 heavy (non-hydrogen) atoms. The summed E-state index contributed by atoms with van der Waals surface area (Å²) in [4.78, 5) is 12.3. The number of benzene rings is 2. The summed E-state index contributed by atoms with van der Waals surface area (Å²) in [6.07, 6.45) is 3.40. The molecule has 0 aliphatic carbocycles. The number of amides is 2.